The number of hydrogen-bond donors (Lipinski definition) is 3. The molecule has 2 aromatic rings. The van der Waals surface area contributed by atoms with Gasteiger partial charge in [0.05, 0.1) is 22.2 Å². The maximum atomic E-state index is 13.3. The molecule has 1 saturated heterocycles. The number of nitrogens with one attached hydrogen (secondary N) is 2. The van der Waals surface area contributed by atoms with Crippen LogP contribution in [0.4, 0.5) is 0 Å². The number of β-amino-alcohol motifs (C(OH)–C–C–N with tert-alkyl or cyclic N) is 1. The molecule has 3 rings (SSSR count). The third-order valence-corrected chi connectivity index (χ3v) is 7.85. The maximum absolute atomic E-state index is 13.3. The fraction of sp³-hybridized carbons (Fsp3) is 0.538. The largest absolute Gasteiger partial charge is 0.391 e. The van der Waals surface area contributed by atoms with Gasteiger partial charge in [0, 0.05) is 31.7 Å². The van der Waals surface area contributed by atoms with Crippen molar-refractivity contribution in [3.8, 4) is 10.4 Å². The Morgan fingerprint density at radius 2 is 1.97 bits per heavy atom. The number of hydrogen-bond acceptors (Lipinski definition) is 7. The van der Waals surface area contributed by atoms with Crippen molar-refractivity contribution in [2.45, 2.75) is 64.8 Å². The number of nitrogens with zero attached hydrogens (tertiary/aromatic N) is 2. The smallest absolute Gasteiger partial charge is 0.246 e. The summed E-state index contributed by atoms with van der Waals surface area (Å²) in [6.45, 7) is 6.46. The first-order valence-corrected chi connectivity index (χ1v) is 14.5. The van der Waals surface area contributed by atoms with E-state index < -0.39 is 18.2 Å². The fourth-order valence-corrected chi connectivity index (χ4v) is 5.56. The summed E-state index contributed by atoms with van der Waals surface area (Å²) in [5.41, 5.74) is 4.82. The molecule has 1 aliphatic rings. The van der Waals surface area contributed by atoms with Gasteiger partial charge in [-0.15, -0.1) is 11.3 Å². The first-order chi connectivity index (χ1) is 17.2. The zero-order chi connectivity index (χ0) is 26.2. The molecule has 2 heterocycles. The Hall–Kier alpha value is -2.43. The Kier molecular flexibility index (Phi) is 10.3. The second-order valence-corrected chi connectivity index (χ2v) is 11.4. The fourth-order valence-electron chi connectivity index (χ4n) is 4.19. The summed E-state index contributed by atoms with van der Waals surface area (Å²) in [4.78, 5) is 45.6. The van der Waals surface area contributed by atoms with E-state index in [1.165, 1.54) is 16.7 Å². The number of carbonyl (C=O) groups excluding carboxylic acids is 3. The number of likely N-dealkylation sites (tertiary alicyclic amines) is 1. The number of thiazole rings is 1. The molecule has 1 aromatic heterocycles. The average molecular weight is 533 g/mol. The number of amides is 3. The molecule has 1 aromatic carbocycles. The lowest BCUT2D eigenvalue weighted by molar-refractivity contribution is -0.141. The standard InChI is InChI=1S/C26H36N4O4S2/c1-16(2)5-10-23(32)29-21(14-35-4)26(34)30-13-20(31)11-22(30)25(33)27-12-18-6-8-19(9-7-18)24-17(3)28-15-36-24/h6-9,15-16,20-22,31H,5,10-14H2,1-4H3,(H,27,33)(H,29,32)/t20-,21?,22+/m1/s1. The Morgan fingerprint density at radius 1 is 1.25 bits per heavy atom. The molecule has 1 aliphatic heterocycles. The van der Waals surface area contributed by atoms with Crippen LogP contribution in [0.3, 0.4) is 0 Å². The Labute approximate surface area is 221 Å². The van der Waals surface area contributed by atoms with E-state index in [-0.39, 0.29) is 30.7 Å². The molecule has 3 amide bonds. The van der Waals surface area contributed by atoms with Crippen molar-refractivity contribution in [1.82, 2.24) is 20.5 Å². The van der Waals surface area contributed by atoms with E-state index in [9.17, 15) is 19.5 Å². The summed E-state index contributed by atoms with van der Waals surface area (Å²) in [5.74, 6) is -0.0210. The van der Waals surface area contributed by atoms with Gasteiger partial charge in [0.1, 0.15) is 12.1 Å². The highest BCUT2D eigenvalue weighted by atomic mass is 32.2. The minimum atomic E-state index is -0.779. The number of carbonyl (C=O) groups is 3. The SMILES string of the molecule is CSCC(NC(=O)CCC(C)C)C(=O)N1C[C@H](O)C[C@H]1C(=O)NCc1ccc(-c2scnc2C)cc1. The van der Waals surface area contributed by atoms with Crippen LogP contribution in [0.2, 0.25) is 0 Å². The number of thioether (sulfide) groups is 1. The van der Waals surface area contributed by atoms with Crippen molar-refractivity contribution in [2.75, 3.05) is 18.6 Å². The summed E-state index contributed by atoms with van der Waals surface area (Å²) in [6.07, 6.45) is 2.35. The highest BCUT2D eigenvalue weighted by Crippen LogP contribution is 2.27. The van der Waals surface area contributed by atoms with Gasteiger partial charge in [-0.3, -0.25) is 14.4 Å². The van der Waals surface area contributed by atoms with Gasteiger partial charge in [-0.05, 0) is 36.6 Å². The van der Waals surface area contributed by atoms with Crippen molar-refractivity contribution >= 4 is 40.8 Å². The topological polar surface area (TPSA) is 112 Å². The number of rotatable bonds is 11. The second kappa shape index (κ2) is 13.2. The molecule has 3 atom stereocenters. The lowest BCUT2D eigenvalue weighted by Crippen LogP contribution is -2.54. The van der Waals surface area contributed by atoms with Crippen LogP contribution in [0.5, 0.6) is 0 Å². The van der Waals surface area contributed by atoms with E-state index in [1.807, 2.05) is 56.8 Å². The third-order valence-electron chi connectivity index (χ3n) is 6.21. The highest BCUT2D eigenvalue weighted by Gasteiger charge is 2.41. The third kappa shape index (κ3) is 7.54. The van der Waals surface area contributed by atoms with Crippen molar-refractivity contribution < 1.29 is 19.5 Å². The van der Waals surface area contributed by atoms with Crippen LogP contribution in [0.25, 0.3) is 10.4 Å². The zero-order valence-electron chi connectivity index (χ0n) is 21.3. The van der Waals surface area contributed by atoms with E-state index in [0.29, 0.717) is 24.6 Å². The minimum Gasteiger partial charge on any atom is -0.391 e. The molecule has 8 nitrogen and oxygen atoms in total. The molecule has 1 unspecified atom stereocenters. The van der Waals surface area contributed by atoms with E-state index in [0.717, 1.165) is 28.1 Å². The molecule has 0 bridgehead atoms. The van der Waals surface area contributed by atoms with Gasteiger partial charge < -0.3 is 20.6 Å². The van der Waals surface area contributed by atoms with Gasteiger partial charge in [0.15, 0.2) is 0 Å². The Morgan fingerprint density at radius 3 is 2.58 bits per heavy atom. The van der Waals surface area contributed by atoms with E-state index in [2.05, 4.69) is 15.6 Å². The van der Waals surface area contributed by atoms with Crippen molar-refractivity contribution in [3.63, 3.8) is 0 Å². The van der Waals surface area contributed by atoms with Crippen LogP contribution in [0, 0.1) is 12.8 Å². The summed E-state index contributed by atoms with van der Waals surface area (Å²) in [6, 6.07) is 6.43. The van der Waals surface area contributed by atoms with E-state index >= 15 is 0 Å². The highest BCUT2D eigenvalue weighted by molar-refractivity contribution is 7.98. The number of aryl methyl sites for hydroxylation is 1. The zero-order valence-corrected chi connectivity index (χ0v) is 23.0. The molecule has 10 heteroatoms. The molecule has 0 spiro atoms. The molecular weight excluding hydrogens is 496 g/mol. The monoisotopic (exact) mass is 532 g/mol. The number of aliphatic hydroxyl groups excluding tert-OH is 1. The van der Waals surface area contributed by atoms with Crippen LogP contribution >= 0.6 is 23.1 Å². The normalized spacial score (nSPS) is 18.3. The van der Waals surface area contributed by atoms with Crippen LogP contribution in [0.1, 0.15) is 44.4 Å². The molecule has 196 valence electrons. The average Bonchev–Trinajstić information content (AvgIpc) is 3.46. The molecule has 3 N–H and O–H groups in total. The van der Waals surface area contributed by atoms with E-state index in [4.69, 9.17) is 0 Å². The van der Waals surface area contributed by atoms with Crippen molar-refractivity contribution in [2.24, 2.45) is 5.92 Å². The first-order valence-electron chi connectivity index (χ1n) is 12.2. The maximum Gasteiger partial charge on any atom is 0.246 e. The minimum absolute atomic E-state index is 0.0760. The lowest BCUT2D eigenvalue weighted by Gasteiger charge is -2.28. The predicted molar refractivity (Wildman–Crippen MR) is 145 cm³/mol. The predicted octanol–water partition coefficient (Wildman–Crippen LogP) is 2.98. The summed E-state index contributed by atoms with van der Waals surface area (Å²) in [5, 5.41) is 16.0. The van der Waals surface area contributed by atoms with Gasteiger partial charge in [-0.25, -0.2) is 4.98 Å². The van der Waals surface area contributed by atoms with Crippen LogP contribution in [-0.4, -0.2) is 69.5 Å². The van der Waals surface area contributed by atoms with Crippen LogP contribution in [0.15, 0.2) is 29.8 Å². The Bertz CT molecular complexity index is 1040. The summed E-state index contributed by atoms with van der Waals surface area (Å²) >= 11 is 3.04. The number of aliphatic hydroxyl groups is 1. The number of aromatic nitrogens is 1. The lowest BCUT2D eigenvalue weighted by atomic mass is 10.1. The van der Waals surface area contributed by atoms with Crippen molar-refractivity contribution in [3.05, 3.63) is 41.0 Å². The van der Waals surface area contributed by atoms with E-state index in [1.54, 1.807) is 11.3 Å². The molecule has 36 heavy (non-hydrogen) atoms. The van der Waals surface area contributed by atoms with Crippen LogP contribution < -0.4 is 10.6 Å². The van der Waals surface area contributed by atoms with Gasteiger partial charge in [-0.2, -0.15) is 11.8 Å². The van der Waals surface area contributed by atoms with Gasteiger partial charge in [-0.1, -0.05) is 38.1 Å². The van der Waals surface area contributed by atoms with Gasteiger partial charge in [0.25, 0.3) is 0 Å². The molecule has 0 radical (unpaired) electrons. The molecule has 0 aliphatic carbocycles. The molecule has 0 saturated carbocycles. The first kappa shape index (κ1) is 28.1. The number of benzene rings is 1. The van der Waals surface area contributed by atoms with Gasteiger partial charge >= 0.3 is 0 Å². The summed E-state index contributed by atoms with van der Waals surface area (Å²) in [7, 11) is 0. The molecule has 1 fully saturated rings. The molecular formula is C26H36N4O4S2. The van der Waals surface area contributed by atoms with Crippen LogP contribution in [-0.2, 0) is 20.9 Å². The van der Waals surface area contributed by atoms with Crippen molar-refractivity contribution in [1.29, 1.82) is 0 Å². The van der Waals surface area contributed by atoms with Gasteiger partial charge in [0.2, 0.25) is 17.7 Å². The quantitative estimate of drug-likeness (QED) is 0.410. The Balaban J connectivity index is 1.61. The summed E-state index contributed by atoms with van der Waals surface area (Å²) < 4.78 is 0. The second-order valence-electron chi connectivity index (χ2n) is 9.59.